The first-order valence-electron chi connectivity index (χ1n) is 7.24. The zero-order valence-electron chi connectivity index (χ0n) is 11.5. The van der Waals surface area contributed by atoms with Gasteiger partial charge < -0.3 is 10.2 Å². The van der Waals surface area contributed by atoms with Gasteiger partial charge in [-0.15, -0.1) is 0 Å². The fourth-order valence-electron chi connectivity index (χ4n) is 3.50. The highest BCUT2D eigenvalue weighted by molar-refractivity contribution is 5.40. The van der Waals surface area contributed by atoms with E-state index in [2.05, 4.69) is 48.5 Å². The Bertz CT molecular complexity index is 415. The lowest BCUT2D eigenvalue weighted by Gasteiger charge is -2.38. The average Bonchev–Trinajstić information content (AvgIpc) is 2.33. The second-order valence-corrected chi connectivity index (χ2v) is 6.14. The monoisotopic (exact) mass is 244 g/mol. The Balaban J connectivity index is 1.51. The van der Waals surface area contributed by atoms with Gasteiger partial charge in [0.05, 0.1) is 0 Å². The fraction of sp³-hybridized carbons (Fsp3) is 0.625. The summed E-state index contributed by atoms with van der Waals surface area (Å²) in [5.41, 5.74) is 3.13. The van der Waals surface area contributed by atoms with Crippen LogP contribution in [0.15, 0.2) is 24.3 Å². The van der Waals surface area contributed by atoms with Crippen molar-refractivity contribution < 1.29 is 0 Å². The van der Waals surface area contributed by atoms with Crippen molar-refractivity contribution in [1.29, 1.82) is 0 Å². The number of likely N-dealkylation sites (tertiary alicyclic amines) is 1. The molecule has 1 N–H and O–H groups in total. The van der Waals surface area contributed by atoms with Gasteiger partial charge in [-0.25, -0.2) is 0 Å². The molecule has 1 aliphatic carbocycles. The molecule has 1 heterocycles. The van der Waals surface area contributed by atoms with Crippen LogP contribution >= 0.6 is 0 Å². The van der Waals surface area contributed by atoms with Crippen LogP contribution in [0.4, 0.5) is 0 Å². The topological polar surface area (TPSA) is 15.3 Å². The smallest absolute Gasteiger partial charge is 0.0117 e. The molecule has 0 bridgehead atoms. The van der Waals surface area contributed by atoms with Crippen molar-refractivity contribution in [3.8, 4) is 0 Å². The molecule has 3 unspecified atom stereocenters. The van der Waals surface area contributed by atoms with Crippen LogP contribution in [-0.2, 0) is 6.42 Å². The normalized spacial score (nSPS) is 31.8. The summed E-state index contributed by atoms with van der Waals surface area (Å²) in [5.74, 6) is 1.53. The first-order valence-corrected chi connectivity index (χ1v) is 7.24. The average molecular weight is 244 g/mol. The molecule has 0 radical (unpaired) electrons. The zero-order chi connectivity index (χ0) is 12.5. The summed E-state index contributed by atoms with van der Waals surface area (Å²) in [6, 6.07) is 9.60. The SMILES string of the molecule is CC1CN(C)CCC1NCC1Cc2ccccc21. The number of hydrogen-bond donors (Lipinski definition) is 1. The third-order valence-corrected chi connectivity index (χ3v) is 4.70. The molecular formula is C16H24N2. The Morgan fingerprint density at radius 2 is 2.17 bits per heavy atom. The van der Waals surface area contributed by atoms with E-state index in [0.29, 0.717) is 6.04 Å². The summed E-state index contributed by atoms with van der Waals surface area (Å²) in [7, 11) is 2.23. The molecule has 0 aromatic heterocycles. The number of piperidine rings is 1. The third kappa shape index (κ3) is 2.32. The van der Waals surface area contributed by atoms with E-state index in [1.165, 1.54) is 25.9 Å². The molecular weight excluding hydrogens is 220 g/mol. The summed E-state index contributed by atoms with van der Waals surface area (Å²) in [5, 5.41) is 3.81. The predicted molar refractivity (Wildman–Crippen MR) is 76.0 cm³/mol. The standard InChI is InChI=1S/C16H24N2/c1-12-11-18(2)8-7-16(12)17-10-14-9-13-5-3-4-6-15(13)14/h3-6,12,14,16-17H,7-11H2,1-2H3. The molecule has 2 nitrogen and oxygen atoms in total. The van der Waals surface area contributed by atoms with Gasteiger partial charge in [0.25, 0.3) is 0 Å². The molecule has 98 valence electrons. The Morgan fingerprint density at radius 1 is 1.33 bits per heavy atom. The van der Waals surface area contributed by atoms with E-state index in [4.69, 9.17) is 0 Å². The van der Waals surface area contributed by atoms with Crippen molar-refractivity contribution >= 4 is 0 Å². The summed E-state index contributed by atoms with van der Waals surface area (Å²) < 4.78 is 0. The lowest BCUT2D eigenvalue weighted by Crippen LogP contribution is -2.48. The predicted octanol–water partition coefficient (Wildman–Crippen LogP) is 2.26. The Labute approximate surface area is 110 Å². The second kappa shape index (κ2) is 5.02. The number of hydrogen-bond acceptors (Lipinski definition) is 2. The molecule has 0 spiro atoms. The van der Waals surface area contributed by atoms with E-state index in [1.807, 2.05) is 0 Å². The quantitative estimate of drug-likeness (QED) is 0.877. The minimum atomic E-state index is 0.717. The summed E-state index contributed by atoms with van der Waals surface area (Å²) in [6.45, 7) is 6.01. The summed E-state index contributed by atoms with van der Waals surface area (Å²) in [6.07, 6.45) is 2.57. The zero-order valence-corrected chi connectivity index (χ0v) is 11.5. The van der Waals surface area contributed by atoms with Crippen LogP contribution in [0.5, 0.6) is 0 Å². The molecule has 2 heteroatoms. The van der Waals surface area contributed by atoms with E-state index < -0.39 is 0 Å². The molecule has 0 amide bonds. The Morgan fingerprint density at radius 3 is 2.94 bits per heavy atom. The first kappa shape index (κ1) is 12.2. The van der Waals surface area contributed by atoms with Gasteiger partial charge >= 0.3 is 0 Å². The van der Waals surface area contributed by atoms with E-state index in [0.717, 1.165) is 18.4 Å². The summed E-state index contributed by atoms with van der Waals surface area (Å²) >= 11 is 0. The van der Waals surface area contributed by atoms with Crippen LogP contribution in [-0.4, -0.2) is 37.6 Å². The van der Waals surface area contributed by atoms with E-state index in [9.17, 15) is 0 Å². The van der Waals surface area contributed by atoms with Gasteiger partial charge in [-0.1, -0.05) is 31.2 Å². The molecule has 1 fully saturated rings. The molecule has 1 aromatic carbocycles. The number of fused-ring (bicyclic) bond motifs is 1. The van der Waals surface area contributed by atoms with Crippen molar-refractivity contribution in [3.63, 3.8) is 0 Å². The van der Waals surface area contributed by atoms with Crippen molar-refractivity contribution in [2.45, 2.75) is 31.7 Å². The van der Waals surface area contributed by atoms with E-state index in [-0.39, 0.29) is 0 Å². The number of nitrogens with one attached hydrogen (secondary N) is 1. The van der Waals surface area contributed by atoms with Gasteiger partial charge in [-0.3, -0.25) is 0 Å². The minimum absolute atomic E-state index is 0.717. The van der Waals surface area contributed by atoms with Crippen molar-refractivity contribution in [2.75, 3.05) is 26.7 Å². The Hall–Kier alpha value is -0.860. The van der Waals surface area contributed by atoms with Crippen molar-refractivity contribution in [2.24, 2.45) is 5.92 Å². The first-order chi connectivity index (χ1) is 8.74. The number of benzene rings is 1. The van der Waals surface area contributed by atoms with Gasteiger partial charge in [0.1, 0.15) is 0 Å². The second-order valence-electron chi connectivity index (χ2n) is 6.14. The van der Waals surface area contributed by atoms with Crippen LogP contribution in [0.2, 0.25) is 0 Å². The molecule has 1 aromatic rings. The molecule has 1 aliphatic heterocycles. The maximum absolute atomic E-state index is 3.81. The maximum atomic E-state index is 3.81. The van der Waals surface area contributed by atoms with Crippen LogP contribution < -0.4 is 5.32 Å². The van der Waals surface area contributed by atoms with Crippen molar-refractivity contribution in [1.82, 2.24) is 10.2 Å². The van der Waals surface area contributed by atoms with E-state index >= 15 is 0 Å². The number of nitrogens with zero attached hydrogens (tertiary/aromatic N) is 1. The van der Waals surface area contributed by atoms with Gasteiger partial charge in [0.15, 0.2) is 0 Å². The van der Waals surface area contributed by atoms with Crippen LogP contribution in [0.1, 0.15) is 30.4 Å². The molecule has 1 saturated heterocycles. The molecule has 18 heavy (non-hydrogen) atoms. The van der Waals surface area contributed by atoms with E-state index in [1.54, 1.807) is 11.1 Å². The largest absolute Gasteiger partial charge is 0.313 e. The highest BCUT2D eigenvalue weighted by Gasteiger charge is 2.28. The lowest BCUT2D eigenvalue weighted by molar-refractivity contribution is 0.173. The van der Waals surface area contributed by atoms with Crippen molar-refractivity contribution in [3.05, 3.63) is 35.4 Å². The van der Waals surface area contributed by atoms with Crippen LogP contribution in [0.25, 0.3) is 0 Å². The lowest BCUT2D eigenvalue weighted by atomic mass is 9.77. The van der Waals surface area contributed by atoms with Crippen LogP contribution in [0.3, 0.4) is 0 Å². The number of rotatable bonds is 3. The minimum Gasteiger partial charge on any atom is -0.313 e. The summed E-state index contributed by atoms with van der Waals surface area (Å²) in [4.78, 5) is 2.45. The molecule has 3 atom stereocenters. The highest BCUT2D eigenvalue weighted by atomic mass is 15.1. The van der Waals surface area contributed by atoms with Gasteiger partial charge in [-0.2, -0.15) is 0 Å². The molecule has 2 aliphatic rings. The molecule has 3 rings (SSSR count). The maximum Gasteiger partial charge on any atom is 0.0117 e. The van der Waals surface area contributed by atoms with Crippen LogP contribution in [0, 0.1) is 5.92 Å². The van der Waals surface area contributed by atoms with Gasteiger partial charge in [0.2, 0.25) is 0 Å². The fourth-order valence-corrected chi connectivity index (χ4v) is 3.50. The highest BCUT2D eigenvalue weighted by Crippen LogP contribution is 2.34. The van der Waals surface area contributed by atoms with Gasteiger partial charge in [-0.05, 0) is 43.5 Å². The molecule has 0 saturated carbocycles. The van der Waals surface area contributed by atoms with Gasteiger partial charge in [0, 0.05) is 25.0 Å². The Kier molecular flexibility index (Phi) is 3.40. The third-order valence-electron chi connectivity index (χ3n) is 4.70.